The number of hydrogen-bond donors (Lipinski definition) is 0. The van der Waals surface area contributed by atoms with Crippen LogP contribution < -0.4 is 0 Å². The molecule has 0 aromatic heterocycles. The van der Waals surface area contributed by atoms with E-state index < -0.39 is 5.60 Å². The van der Waals surface area contributed by atoms with Crippen LogP contribution in [0.4, 0.5) is 4.79 Å². The molecule has 3 nitrogen and oxygen atoms in total. The van der Waals surface area contributed by atoms with Gasteiger partial charge in [0.25, 0.3) is 0 Å². The second-order valence-electron chi connectivity index (χ2n) is 7.96. The first kappa shape index (κ1) is 18.1. The average Bonchev–Trinajstić information content (AvgIpc) is 2.72. The molecular formula is C20H33NO2. The molecule has 0 aliphatic carbocycles. The molecule has 0 radical (unpaired) electrons. The summed E-state index contributed by atoms with van der Waals surface area (Å²) in [5, 5.41) is 0. The Balaban J connectivity index is 1.81. The van der Waals surface area contributed by atoms with Gasteiger partial charge in [-0.2, -0.15) is 0 Å². The molecule has 1 fully saturated rings. The number of allylic oxidation sites excluding steroid dienone is 1. The van der Waals surface area contributed by atoms with Gasteiger partial charge in [0.1, 0.15) is 5.60 Å². The van der Waals surface area contributed by atoms with Crippen LogP contribution in [0.3, 0.4) is 0 Å². The minimum atomic E-state index is -0.411. The van der Waals surface area contributed by atoms with Crippen molar-refractivity contribution < 1.29 is 9.53 Å². The van der Waals surface area contributed by atoms with Gasteiger partial charge in [0.15, 0.2) is 0 Å². The van der Waals surface area contributed by atoms with Gasteiger partial charge in [0.2, 0.25) is 0 Å². The highest BCUT2D eigenvalue weighted by atomic mass is 16.6. The van der Waals surface area contributed by atoms with Gasteiger partial charge in [-0.25, -0.2) is 4.79 Å². The summed E-state index contributed by atoms with van der Waals surface area (Å²) in [4.78, 5) is 14.4. The van der Waals surface area contributed by atoms with Crippen molar-refractivity contribution in [3.05, 3.63) is 24.3 Å². The lowest BCUT2D eigenvalue weighted by atomic mass is 9.96. The van der Waals surface area contributed by atoms with E-state index in [4.69, 9.17) is 4.74 Å². The van der Waals surface area contributed by atoms with Gasteiger partial charge in [-0.15, -0.1) is 6.58 Å². The van der Waals surface area contributed by atoms with Crippen molar-refractivity contribution in [2.75, 3.05) is 0 Å². The van der Waals surface area contributed by atoms with Crippen LogP contribution >= 0.6 is 0 Å². The minimum Gasteiger partial charge on any atom is -0.444 e. The van der Waals surface area contributed by atoms with E-state index in [1.807, 2.05) is 31.7 Å². The Labute approximate surface area is 141 Å². The number of carbonyl (C=O) groups excluding carboxylic acids is 1. The van der Waals surface area contributed by atoms with E-state index in [1.54, 1.807) is 5.57 Å². The first-order chi connectivity index (χ1) is 10.9. The van der Waals surface area contributed by atoms with Crippen molar-refractivity contribution in [3.63, 3.8) is 0 Å². The van der Waals surface area contributed by atoms with E-state index in [0.717, 1.165) is 25.7 Å². The lowest BCUT2D eigenvalue weighted by Crippen LogP contribution is -2.45. The van der Waals surface area contributed by atoms with Gasteiger partial charge < -0.3 is 4.74 Å². The van der Waals surface area contributed by atoms with Crippen LogP contribution in [0.5, 0.6) is 0 Å². The maximum atomic E-state index is 12.4. The Kier molecular flexibility index (Phi) is 6.32. The van der Waals surface area contributed by atoms with Gasteiger partial charge in [0, 0.05) is 6.04 Å². The lowest BCUT2D eigenvalue weighted by Gasteiger charge is -2.35. The molecule has 23 heavy (non-hydrogen) atoms. The van der Waals surface area contributed by atoms with E-state index in [1.165, 1.54) is 32.1 Å². The van der Waals surface area contributed by atoms with Crippen LogP contribution in [0.25, 0.3) is 0 Å². The van der Waals surface area contributed by atoms with Crippen molar-refractivity contribution in [2.24, 2.45) is 0 Å². The molecule has 130 valence electrons. The van der Waals surface area contributed by atoms with Gasteiger partial charge in [-0.05, 0) is 65.7 Å². The third-order valence-electron chi connectivity index (χ3n) is 4.73. The zero-order chi connectivity index (χ0) is 16.9. The van der Waals surface area contributed by atoms with Gasteiger partial charge >= 0.3 is 6.09 Å². The molecule has 2 aliphatic heterocycles. The monoisotopic (exact) mass is 319 g/mol. The van der Waals surface area contributed by atoms with Gasteiger partial charge in [-0.1, -0.05) is 30.6 Å². The largest absolute Gasteiger partial charge is 0.444 e. The van der Waals surface area contributed by atoms with Gasteiger partial charge in [-0.3, -0.25) is 4.90 Å². The average molecular weight is 319 g/mol. The molecule has 2 aliphatic rings. The normalized spacial score (nSPS) is 23.6. The highest BCUT2D eigenvalue weighted by Gasteiger charge is 2.41. The molecule has 2 rings (SSSR count). The number of fused-ring (bicyclic) bond motifs is 2. The van der Waals surface area contributed by atoms with Crippen LogP contribution in [-0.2, 0) is 4.74 Å². The molecule has 2 heterocycles. The van der Waals surface area contributed by atoms with Crippen LogP contribution in [0.15, 0.2) is 24.3 Å². The maximum Gasteiger partial charge on any atom is 0.411 e. The number of amides is 1. The lowest BCUT2D eigenvalue weighted by molar-refractivity contribution is 0.0166. The fourth-order valence-electron chi connectivity index (χ4n) is 3.70. The van der Waals surface area contributed by atoms with E-state index in [-0.39, 0.29) is 12.1 Å². The number of hydrogen-bond acceptors (Lipinski definition) is 2. The summed E-state index contributed by atoms with van der Waals surface area (Å²) in [5.74, 6) is 0. The Hall–Kier alpha value is -1.25. The van der Waals surface area contributed by atoms with Crippen molar-refractivity contribution >= 4 is 6.09 Å². The van der Waals surface area contributed by atoms with Crippen molar-refractivity contribution in [2.45, 2.75) is 96.2 Å². The maximum absolute atomic E-state index is 12.4. The molecule has 0 saturated carbocycles. The highest BCUT2D eigenvalue weighted by Crippen LogP contribution is 2.37. The number of carbonyl (C=O) groups is 1. The third-order valence-corrected chi connectivity index (χ3v) is 4.73. The third kappa shape index (κ3) is 5.40. The molecule has 2 bridgehead atoms. The summed E-state index contributed by atoms with van der Waals surface area (Å²) < 4.78 is 5.58. The summed E-state index contributed by atoms with van der Waals surface area (Å²) in [6.45, 7) is 9.57. The fraction of sp³-hybridized carbons (Fsp3) is 0.750. The topological polar surface area (TPSA) is 29.5 Å². The Morgan fingerprint density at radius 1 is 1.30 bits per heavy atom. The minimum absolute atomic E-state index is 0.135. The Bertz CT molecular complexity index is 447. The SMILES string of the molecule is C=CCCCCCCC1=CC2CCC(C1)N2C(=O)OC(C)(C)C. The molecular weight excluding hydrogens is 286 g/mol. The summed E-state index contributed by atoms with van der Waals surface area (Å²) >= 11 is 0. The van der Waals surface area contributed by atoms with Gasteiger partial charge in [0.05, 0.1) is 6.04 Å². The van der Waals surface area contributed by atoms with Crippen molar-refractivity contribution in [1.29, 1.82) is 0 Å². The Morgan fingerprint density at radius 2 is 2.04 bits per heavy atom. The van der Waals surface area contributed by atoms with Crippen LogP contribution in [0, 0.1) is 0 Å². The summed E-state index contributed by atoms with van der Waals surface area (Å²) in [6, 6.07) is 0.620. The molecule has 0 spiro atoms. The standard InChI is InChI=1S/C20H33NO2/c1-5-6-7-8-9-10-11-16-14-17-12-13-18(15-16)21(17)19(22)23-20(2,3)4/h5,14,17-18H,1,6-13,15H2,2-4H3. The van der Waals surface area contributed by atoms with Crippen LogP contribution in [0.1, 0.15) is 78.6 Å². The van der Waals surface area contributed by atoms with E-state index in [0.29, 0.717) is 6.04 Å². The number of unbranched alkanes of at least 4 members (excludes halogenated alkanes) is 4. The highest BCUT2D eigenvalue weighted by molar-refractivity contribution is 5.70. The summed E-state index contributed by atoms with van der Waals surface area (Å²) in [5.41, 5.74) is 1.15. The van der Waals surface area contributed by atoms with E-state index >= 15 is 0 Å². The number of ether oxygens (including phenoxy) is 1. The fourth-order valence-corrected chi connectivity index (χ4v) is 3.70. The van der Waals surface area contributed by atoms with Crippen LogP contribution in [-0.4, -0.2) is 28.7 Å². The number of rotatable bonds is 7. The molecule has 0 aromatic carbocycles. The first-order valence-electron chi connectivity index (χ1n) is 9.22. The van der Waals surface area contributed by atoms with E-state index in [9.17, 15) is 4.79 Å². The quantitative estimate of drug-likeness (QED) is 0.451. The molecule has 1 saturated heterocycles. The van der Waals surface area contributed by atoms with Crippen LogP contribution in [0.2, 0.25) is 0 Å². The molecule has 0 N–H and O–H groups in total. The predicted molar refractivity (Wildman–Crippen MR) is 95.5 cm³/mol. The molecule has 3 heteroatoms. The molecule has 1 amide bonds. The summed E-state index contributed by atoms with van der Waals surface area (Å²) in [7, 11) is 0. The summed E-state index contributed by atoms with van der Waals surface area (Å²) in [6.07, 6.45) is 14.9. The second kappa shape index (κ2) is 8.03. The molecule has 0 aromatic rings. The zero-order valence-electron chi connectivity index (χ0n) is 15.1. The zero-order valence-corrected chi connectivity index (χ0v) is 15.1. The number of nitrogens with zero attached hydrogens (tertiary/aromatic N) is 1. The van der Waals surface area contributed by atoms with E-state index in [2.05, 4.69) is 12.7 Å². The second-order valence-corrected chi connectivity index (χ2v) is 7.96. The van der Waals surface area contributed by atoms with Crippen molar-refractivity contribution in [1.82, 2.24) is 4.90 Å². The van der Waals surface area contributed by atoms with Crippen molar-refractivity contribution in [3.8, 4) is 0 Å². The smallest absolute Gasteiger partial charge is 0.411 e. The predicted octanol–water partition coefficient (Wildman–Crippen LogP) is 5.61. The first-order valence-corrected chi connectivity index (χ1v) is 9.22. The Morgan fingerprint density at radius 3 is 2.70 bits per heavy atom. The molecule has 2 atom stereocenters. The molecule has 2 unspecified atom stereocenters.